The van der Waals surface area contributed by atoms with Crippen LogP contribution in [0.3, 0.4) is 0 Å². The van der Waals surface area contributed by atoms with Gasteiger partial charge in [-0.05, 0) is 0 Å². The van der Waals surface area contributed by atoms with Crippen molar-refractivity contribution in [2.45, 2.75) is 0 Å². The molecule has 14 heavy (non-hydrogen) atoms. The van der Waals surface area contributed by atoms with Gasteiger partial charge in [0.25, 0.3) is 0 Å². The second kappa shape index (κ2) is 8.21. The molecule has 0 radical (unpaired) electrons. The molecule has 0 aromatic heterocycles. The Labute approximate surface area is 81.6 Å². The first-order chi connectivity index (χ1) is 6.63. The van der Waals surface area contributed by atoms with Crippen LogP contribution in [0.4, 0.5) is 0 Å². The Kier molecular flexibility index (Phi) is 7.39. The summed E-state index contributed by atoms with van der Waals surface area (Å²) in [5.41, 5.74) is 0. The lowest BCUT2D eigenvalue weighted by Crippen LogP contribution is -2.39. The van der Waals surface area contributed by atoms with Crippen molar-refractivity contribution in [3.8, 4) is 0 Å². The molecule has 1 fully saturated rings. The van der Waals surface area contributed by atoms with Crippen LogP contribution in [0.2, 0.25) is 0 Å². The fourth-order valence-electron chi connectivity index (χ4n) is 0.746. The summed E-state index contributed by atoms with van der Waals surface area (Å²) in [5, 5.41) is 22.1. The van der Waals surface area contributed by atoms with Gasteiger partial charge in [0, 0.05) is 38.3 Å². The number of carboxylic acids is 2. The summed E-state index contributed by atoms with van der Waals surface area (Å²) in [4.78, 5) is 19.1. The maximum Gasteiger partial charge on any atom is 0.328 e. The van der Waals surface area contributed by atoms with Crippen molar-refractivity contribution in [3.63, 3.8) is 0 Å². The molecule has 0 amide bonds. The lowest BCUT2D eigenvalue weighted by atomic mass is 10.4. The standard InChI is InChI=1S/C4H10N2.C4H4O4/c1-2-6-4-3-5-1;5-3(6)1-2-4(7)8/h5-6H,1-4H2;1-2H,(H,5,6)(H,7,8). The van der Waals surface area contributed by atoms with Gasteiger partial charge in [-0.25, -0.2) is 9.59 Å². The van der Waals surface area contributed by atoms with E-state index in [9.17, 15) is 9.59 Å². The molecule has 1 rings (SSSR count). The van der Waals surface area contributed by atoms with Gasteiger partial charge in [0.15, 0.2) is 0 Å². The predicted molar refractivity (Wildman–Crippen MR) is 50.2 cm³/mol. The Balaban J connectivity index is 0.000000249. The molecule has 0 aliphatic carbocycles. The molecular weight excluding hydrogens is 188 g/mol. The summed E-state index contributed by atoms with van der Waals surface area (Å²) in [6, 6.07) is 0. The van der Waals surface area contributed by atoms with Gasteiger partial charge in [0.1, 0.15) is 0 Å². The highest BCUT2D eigenvalue weighted by atomic mass is 16.4. The summed E-state index contributed by atoms with van der Waals surface area (Å²) >= 11 is 0. The third-order valence-electron chi connectivity index (χ3n) is 1.33. The normalized spacial score (nSPS) is 15.7. The molecule has 6 heteroatoms. The molecule has 0 aromatic rings. The highest BCUT2D eigenvalue weighted by Crippen LogP contribution is 1.70. The lowest BCUT2D eigenvalue weighted by molar-refractivity contribution is -0.134. The molecule has 80 valence electrons. The van der Waals surface area contributed by atoms with E-state index in [1.807, 2.05) is 0 Å². The maximum atomic E-state index is 9.55. The van der Waals surface area contributed by atoms with E-state index in [1.54, 1.807) is 0 Å². The molecule has 0 saturated carbocycles. The zero-order valence-electron chi connectivity index (χ0n) is 7.69. The first kappa shape index (κ1) is 12.6. The van der Waals surface area contributed by atoms with Crippen LogP contribution in [-0.4, -0.2) is 48.3 Å². The molecule has 4 N–H and O–H groups in total. The van der Waals surface area contributed by atoms with Crippen molar-refractivity contribution in [1.82, 2.24) is 10.6 Å². The smallest absolute Gasteiger partial charge is 0.328 e. The number of rotatable bonds is 2. The van der Waals surface area contributed by atoms with Gasteiger partial charge in [0.2, 0.25) is 0 Å². The fraction of sp³-hybridized carbons (Fsp3) is 0.500. The quantitative estimate of drug-likeness (QED) is 0.424. The third-order valence-corrected chi connectivity index (χ3v) is 1.33. The van der Waals surface area contributed by atoms with Gasteiger partial charge < -0.3 is 20.8 Å². The van der Waals surface area contributed by atoms with E-state index >= 15 is 0 Å². The molecule has 1 aliphatic rings. The van der Waals surface area contributed by atoms with Gasteiger partial charge in [-0.15, -0.1) is 0 Å². The Morgan fingerprint density at radius 1 is 0.857 bits per heavy atom. The van der Waals surface area contributed by atoms with Crippen molar-refractivity contribution in [2.24, 2.45) is 0 Å². The van der Waals surface area contributed by atoms with E-state index in [0.717, 1.165) is 26.2 Å². The van der Waals surface area contributed by atoms with Crippen molar-refractivity contribution in [1.29, 1.82) is 0 Å². The van der Waals surface area contributed by atoms with Crippen LogP contribution >= 0.6 is 0 Å². The maximum absolute atomic E-state index is 9.55. The Hall–Kier alpha value is -1.40. The summed E-state index contributed by atoms with van der Waals surface area (Å²) in [5.74, 6) is -2.51. The average Bonchev–Trinajstić information content (AvgIpc) is 2.18. The number of hydrogen-bond donors (Lipinski definition) is 4. The molecule has 0 aromatic carbocycles. The molecule has 1 heterocycles. The second-order valence-electron chi connectivity index (χ2n) is 2.51. The first-order valence-corrected chi connectivity index (χ1v) is 4.18. The van der Waals surface area contributed by atoms with E-state index in [1.165, 1.54) is 0 Å². The van der Waals surface area contributed by atoms with Crippen LogP contribution in [0.15, 0.2) is 12.2 Å². The minimum Gasteiger partial charge on any atom is -0.478 e. The third kappa shape index (κ3) is 10.6. The van der Waals surface area contributed by atoms with Crippen molar-refractivity contribution >= 4 is 11.9 Å². The van der Waals surface area contributed by atoms with E-state index in [2.05, 4.69) is 10.6 Å². The van der Waals surface area contributed by atoms with Crippen LogP contribution in [0.25, 0.3) is 0 Å². The first-order valence-electron chi connectivity index (χ1n) is 4.18. The molecule has 1 aliphatic heterocycles. The van der Waals surface area contributed by atoms with Crippen molar-refractivity contribution in [3.05, 3.63) is 12.2 Å². The Morgan fingerprint density at radius 3 is 1.29 bits per heavy atom. The number of nitrogens with one attached hydrogen (secondary N) is 2. The zero-order chi connectivity index (χ0) is 10.8. The number of carbonyl (C=O) groups is 2. The highest BCUT2D eigenvalue weighted by molar-refractivity contribution is 5.89. The van der Waals surface area contributed by atoms with Gasteiger partial charge in [-0.3, -0.25) is 0 Å². The molecule has 0 unspecified atom stereocenters. The summed E-state index contributed by atoms with van der Waals surface area (Å²) in [6.07, 6.45) is 1.12. The van der Waals surface area contributed by atoms with Gasteiger partial charge >= 0.3 is 11.9 Å². The van der Waals surface area contributed by atoms with Crippen LogP contribution in [0.1, 0.15) is 0 Å². The topological polar surface area (TPSA) is 98.7 Å². The van der Waals surface area contributed by atoms with Gasteiger partial charge in [0.05, 0.1) is 0 Å². The molecule has 0 atom stereocenters. The Bertz CT molecular complexity index is 184. The number of piperazine rings is 1. The molecular formula is C8H14N2O4. The highest BCUT2D eigenvalue weighted by Gasteiger charge is 1.91. The number of carboxylic acid groups (broad SMARTS) is 2. The van der Waals surface area contributed by atoms with Gasteiger partial charge in [-0.1, -0.05) is 0 Å². The van der Waals surface area contributed by atoms with Crippen molar-refractivity contribution < 1.29 is 19.8 Å². The predicted octanol–water partition coefficient (Wildman–Crippen LogP) is -1.11. The van der Waals surface area contributed by atoms with Crippen LogP contribution in [0.5, 0.6) is 0 Å². The van der Waals surface area contributed by atoms with Crippen LogP contribution < -0.4 is 10.6 Å². The summed E-state index contributed by atoms with van der Waals surface area (Å²) in [6.45, 7) is 4.56. The molecule has 1 saturated heterocycles. The minimum atomic E-state index is -1.26. The summed E-state index contributed by atoms with van der Waals surface area (Å²) < 4.78 is 0. The average molecular weight is 202 g/mol. The van der Waals surface area contributed by atoms with E-state index in [4.69, 9.17) is 10.2 Å². The monoisotopic (exact) mass is 202 g/mol. The lowest BCUT2D eigenvalue weighted by Gasteiger charge is -2.11. The number of hydrogen-bond acceptors (Lipinski definition) is 4. The van der Waals surface area contributed by atoms with Crippen LogP contribution in [0, 0.1) is 0 Å². The van der Waals surface area contributed by atoms with E-state index in [0.29, 0.717) is 12.2 Å². The van der Waals surface area contributed by atoms with E-state index < -0.39 is 11.9 Å². The molecule has 6 nitrogen and oxygen atoms in total. The minimum absolute atomic E-state index is 0.558. The van der Waals surface area contributed by atoms with Crippen molar-refractivity contribution in [2.75, 3.05) is 26.2 Å². The second-order valence-corrected chi connectivity index (χ2v) is 2.51. The van der Waals surface area contributed by atoms with Gasteiger partial charge in [-0.2, -0.15) is 0 Å². The SMILES string of the molecule is C1CNCCN1.O=C(O)C=CC(=O)O. The zero-order valence-corrected chi connectivity index (χ0v) is 7.69. The Morgan fingerprint density at radius 2 is 1.14 bits per heavy atom. The summed E-state index contributed by atoms with van der Waals surface area (Å²) in [7, 11) is 0. The fourth-order valence-corrected chi connectivity index (χ4v) is 0.746. The molecule has 0 spiro atoms. The largest absolute Gasteiger partial charge is 0.478 e. The number of aliphatic carboxylic acids is 2. The van der Waals surface area contributed by atoms with Crippen LogP contribution in [-0.2, 0) is 9.59 Å². The molecule has 0 bridgehead atoms. The van der Waals surface area contributed by atoms with E-state index in [-0.39, 0.29) is 0 Å².